The molecule has 2 aromatic carbocycles. The van der Waals surface area contributed by atoms with Crippen molar-refractivity contribution in [2.45, 2.75) is 25.2 Å². The summed E-state index contributed by atoms with van der Waals surface area (Å²) in [5, 5.41) is 0.718. The molecule has 0 spiro atoms. The minimum atomic E-state index is 0.697. The lowest BCUT2D eigenvalue weighted by atomic mass is 10.1. The van der Waals surface area contributed by atoms with Gasteiger partial charge in [0, 0.05) is 16.3 Å². The van der Waals surface area contributed by atoms with E-state index >= 15 is 0 Å². The first-order valence-electron chi connectivity index (χ1n) is 6.93. The number of ether oxygens (including phenoxy) is 1. The van der Waals surface area contributed by atoms with Crippen LogP contribution in [0.15, 0.2) is 41.3 Å². The summed E-state index contributed by atoms with van der Waals surface area (Å²) in [6, 6.07) is 11.9. The van der Waals surface area contributed by atoms with Crippen LogP contribution >= 0.6 is 23.4 Å². The highest BCUT2D eigenvalue weighted by Gasteiger charge is 2.02. The molecule has 0 saturated carbocycles. The molecule has 2 N–H and O–H groups in total. The van der Waals surface area contributed by atoms with E-state index in [1.807, 2.05) is 12.1 Å². The van der Waals surface area contributed by atoms with Crippen LogP contribution in [0.4, 0.5) is 5.69 Å². The van der Waals surface area contributed by atoms with Gasteiger partial charge in [0.25, 0.3) is 0 Å². The van der Waals surface area contributed by atoms with Crippen molar-refractivity contribution in [3.05, 3.63) is 52.5 Å². The smallest absolute Gasteiger partial charge is 0.119 e. The highest BCUT2D eigenvalue weighted by atomic mass is 35.5. The second-order valence-corrected chi connectivity index (χ2v) is 6.61. The summed E-state index contributed by atoms with van der Waals surface area (Å²) < 4.78 is 5.79. The molecule has 2 rings (SSSR count). The van der Waals surface area contributed by atoms with Gasteiger partial charge in [0.05, 0.1) is 11.6 Å². The van der Waals surface area contributed by atoms with Crippen molar-refractivity contribution in [2.75, 3.05) is 18.1 Å². The highest BCUT2D eigenvalue weighted by molar-refractivity contribution is 7.99. The van der Waals surface area contributed by atoms with E-state index in [9.17, 15) is 0 Å². The van der Waals surface area contributed by atoms with Crippen molar-refractivity contribution in [3.63, 3.8) is 0 Å². The number of nitrogen functional groups attached to an aromatic ring is 1. The number of hydrogen-bond acceptors (Lipinski definition) is 3. The largest absolute Gasteiger partial charge is 0.494 e. The first-order valence-corrected chi connectivity index (χ1v) is 8.30. The van der Waals surface area contributed by atoms with Crippen LogP contribution in [0.25, 0.3) is 0 Å². The predicted octanol–water partition coefficient (Wildman–Crippen LogP) is 5.10. The molecule has 0 fully saturated rings. The Labute approximate surface area is 135 Å². The zero-order valence-corrected chi connectivity index (χ0v) is 13.9. The molecule has 0 bridgehead atoms. The van der Waals surface area contributed by atoms with Crippen molar-refractivity contribution in [3.8, 4) is 5.75 Å². The Hall–Kier alpha value is -1.32. The average Bonchev–Trinajstić information content (AvgIpc) is 2.39. The van der Waals surface area contributed by atoms with Gasteiger partial charge >= 0.3 is 0 Å². The zero-order chi connectivity index (χ0) is 15.2. The van der Waals surface area contributed by atoms with Gasteiger partial charge in [0.2, 0.25) is 0 Å². The molecule has 0 atom stereocenters. The van der Waals surface area contributed by atoms with Crippen LogP contribution in [0, 0.1) is 13.8 Å². The fourth-order valence-corrected chi connectivity index (χ4v) is 3.28. The Bertz CT molecular complexity index is 595. The standard InChI is InChI=1S/C17H20ClNOS/c1-12-8-13(2)10-15(9-12)20-6-3-7-21-17-5-4-14(19)11-16(17)18/h4-5,8-11H,3,6-7,19H2,1-2H3. The lowest BCUT2D eigenvalue weighted by Crippen LogP contribution is -1.99. The molecule has 0 aliphatic rings. The molecular weight excluding hydrogens is 302 g/mol. The third-order valence-electron chi connectivity index (χ3n) is 2.97. The van der Waals surface area contributed by atoms with Gasteiger partial charge in [-0.2, -0.15) is 0 Å². The van der Waals surface area contributed by atoms with Gasteiger partial charge in [-0.25, -0.2) is 0 Å². The van der Waals surface area contributed by atoms with Crippen LogP contribution in [-0.2, 0) is 0 Å². The molecule has 0 saturated heterocycles. The minimum Gasteiger partial charge on any atom is -0.494 e. The van der Waals surface area contributed by atoms with Crippen LogP contribution in [0.1, 0.15) is 17.5 Å². The highest BCUT2D eigenvalue weighted by Crippen LogP contribution is 2.29. The van der Waals surface area contributed by atoms with E-state index in [0.717, 1.165) is 27.8 Å². The summed E-state index contributed by atoms with van der Waals surface area (Å²) in [5.74, 6) is 1.91. The number of anilines is 1. The minimum absolute atomic E-state index is 0.697. The Kier molecular flexibility index (Phi) is 5.83. The van der Waals surface area contributed by atoms with Crippen LogP contribution in [0.3, 0.4) is 0 Å². The van der Waals surface area contributed by atoms with Gasteiger partial charge in [-0.15, -0.1) is 11.8 Å². The van der Waals surface area contributed by atoms with Crippen LogP contribution in [-0.4, -0.2) is 12.4 Å². The summed E-state index contributed by atoms with van der Waals surface area (Å²) in [6.07, 6.45) is 0.971. The molecule has 0 unspecified atom stereocenters. The quantitative estimate of drug-likeness (QED) is 0.456. The van der Waals surface area contributed by atoms with Gasteiger partial charge in [-0.1, -0.05) is 17.7 Å². The molecule has 0 aliphatic carbocycles. The van der Waals surface area contributed by atoms with E-state index in [1.54, 1.807) is 17.8 Å². The van der Waals surface area contributed by atoms with Crippen molar-refractivity contribution >= 4 is 29.1 Å². The van der Waals surface area contributed by atoms with Gasteiger partial charge < -0.3 is 10.5 Å². The lowest BCUT2D eigenvalue weighted by Gasteiger charge is -2.09. The summed E-state index contributed by atoms with van der Waals surface area (Å²) in [5.41, 5.74) is 8.83. The molecule has 21 heavy (non-hydrogen) atoms. The molecule has 4 heteroatoms. The molecule has 0 aromatic heterocycles. The van der Waals surface area contributed by atoms with E-state index in [1.165, 1.54) is 11.1 Å². The van der Waals surface area contributed by atoms with Gasteiger partial charge in [-0.3, -0.25) is 0 Å². The summed E-state index contributed by atoms with van der Waals surface area (Å²) in [6.45, 7) is 4.88. The fraction of sp³-hybridized carbons (Fsp3) is 0.294. The van der Waals surface area contributed by atoms with Crippen molar-refractivity contribution in [2.24, 2.45) is 0 Å². The maximum atomic E-state index is 6.14. The zero-order valence-electron chi connectivity index (χ0n) is 12.4. The Morgan fingerprint density at radius 2 is 1.81 bits per heavy atom. The van der Waals surface area contributed by atoms with Crippen molar-refractivity contribution in [1.29, 1.82) is 0 Å². The van der Waals surface area contributed by atoms with E-state index in [0.29, 0.717) is 12.3 Å². The first kappa shape index (κ1) is 16.1. The normalized spacial score (nSPS) is 10.6. The summed E-state index contributed by atoms with van der Waals surface area (Å²) in [4.78, 5) is 1.07. The first-order chi connectivity index (χ1) is 10.0. The van der Waals surface area contributed by atoms with E-state index < -0.39 is 0 Å². The number of halogens is 1. The third-order valence-corrected chi connectivity index (χ3v) is 4.55. The number of thioether (sulfide) groups is 1. The Balaban J connectivity index is 1.75. The molecule has 0 amide bonds. The molecule has 2 aromatic rings. The van der Waals surface area contributed by atoms with Gasteiger partial charge in [0.15, 0.2) is 0 Å². The maximum Gasteiger partial charge on any atom is 0.119 e. The fourth-order valence-electron chi connectivity index (χ4n) is 2.08. The topological polar surface area (TPSA) is 35.2 Å². The van der Waals surface area contributed by atoms with Crippen LogP contribution < -0.4 is 10.5 Å². The SMILES string of the molecule is Cc1cc(C)cc(OCCCSc2ccc(N)cc2Cl)c1. The number of aryl methyl sites for hydroxylation is 2. The molecule has 2 nitrogen and oxygen atoms in total. The molecule has 0 aliphatic heterocycles. The second-order valence-electron chi connectivity index (χ2n) is 5.06. The lowest BCUT2D eigenvalue weighted by molar-refractivity contribution is 0.318. The predicted molar refractivity (Wildman–Crippen MR) is 92.6 cm³/mol. The molecule has 112 valence electrons. The van der Waals surface area contributed by atoms with E-state index in [4.69, 9.17) is 22.1 Å². The monoisotopic (exact) mass is 321 g/mol. The van der Waals surface area contributed by atoms with Crippen LogP contribution in [0.5, 0.6) is 5.75 Å². The number of hydrogen-bond donors (Lipinski definition) is 1. The van der Waals surface area contributed by atoms with Crippen molar-refractivity contribution < 1.29 is 4.74 Å². The van der Waals surface area contributed by atoms with Gasteiger partial charge in [-0.05, 0) is 61.7 Å². The maximum absolute atomic E-state index is 6.14. The molecule has 0 radical (unpaired) electrons. The molecular formula is C17H20ClNOS. The Morgan fingerprint density at radius 1 is 1.10 bits per heavy atom. The second kappa shape index (κ2) is 7.62. The summed E-state index contributed by atoms with van der Waals surface area (Å²) >= 11 is 7.87. The summed E-state index contributed by atoms with van der Waals surface area (Å²) in [7, 11) is 0. The number of rotatable bonds is 6. The number of nitrogens with two attached hydrogens (primary N) is 1. The third kappa shape index (κ3) is 5.18. The van der Waals surface area contributed by atoms with Gasteiger partial charge in [0.1, 0.15) is 5.75 Å². The van der Waals surface area contributed by atoms with Crippen molar-refractivity contribution in [1.82, 2.24) is 0 Å². The van der Waals surface area contributed by atoms with E-state index in [2.05, 4.69) is 32.0 Å². The number of benzene rings is 2. The Morgan fingerprint density at radius 3 is 2.48 bits per heavy atom. The average molecular weight is 322 g/mol. The molecule has 0 heterocycles. The van der Waals surface area contributed by atoms with Crippen LogP contribution in [0.2, 0.25) is 5.02 Å². The van der Waals surface area contributed by atoms with E-state index in [-0.39, 0.29) is 0 Å².